The fourth-order valence-corrected chi connectivity index (χ4v) is 1.02. The minimum atomic E-state index is -0.623. The predicted octanol–water partition coefficient (Wildman–Crippen LogP) is 1.31. The molecular formula is C8H10O2. The molecule has 2 heteroatoms. The molecule has 0 saturated carbocycles. The van der Waals surface area contributed by atoms with Gasteiger partial charge in [-0.15, -0.1) is 0 Å². The molecule has 1 rings (SSSR count). The highest BCUT2D eigenvalue weighted by atomic mass is 16.3. The van der Waals surface area contributed by atoms with E-state index in [1.807, 2.05) is 0 Å². The largest absolute Gasteiger partial charge is 0.507 e. The average molecular weight is 138 g/mol. The Morgan fingerprint density at radius 3 is 2.50 bits per heavy atom. The van der Waals surface area contributed by atoms with E-state index < -0.39 is 6.10 Å². The van der Waals surface area contributed by atoms with Crippen LogP contribution in [0.4, 0.5) is 0 Å². The molecule has 0 fully saturated rings. The van der Waals surface area contributed by atoms with Crippen molar-refractivity contribution >= 4 is 0 Å². The Hall–Kier alpha value is -1.02. The summed E-state index contributed by atoms with van der Waals surface area (Å²) in [6.45, 7) is 5.22. The van der Waals surface area contributed by atoms with Crippen molar-refractivity contribution in [3.8, 4) is 0 Å². The highest BCUT2D eigenvalue weighted by Gasteiger charge is 2.30. The smallest absolute Gasteiger partial charge is 0.127 e. The van der Waals surface area contributed by atoms with E-state index in [1.54, 1.807) is 13.0 Å². The quantitative estimate of drug-likeness (QED) is 0.573. The van der Waals surface area contributed by atoms with Gasteiger partial charge in [0, 0.05) is 11.1 Å². The van der Waals surface area contributed by atoms with E-state index in [2.05, 4.69) is 6.58 Å². The molecule has 0 spiro atoms. The van der Waals surface area contributed by atoms with Gasteiger partial charge in [0.15, 0.2) is 0 Å². The summed E-state index contributed by atoms with van der Waals surface area (Å²) in [4.78, 5) is 0. The zero-order chi connectivity index (χ0) is 7.72. The summed E-state index contributed by atoms with van der Waals surface area (Å²) in [5.41, 5.74) is 1.11. The van der Waals surface area contributed by atoms with Crippen LogP contribution in [0.1, 0.15) is 6.92 Å². The molecule has 1 atom stereocenters. The number of aliphatic hydroxyl groups is 2. The van der Waals surface area contributed by atoms with Crippen LogP contribution in [0.3, 0.4) is 0 Å². The SMILES string of the molecule is C=CC1=C(O)C(=CC)C1O. The fraction of sp³-hybridized carbons (Fsp3) is 0.250. The Morgan fingerprint density at radius 2 is 2.20 bits per heavy atom. The van der Waals surface area contributed by atoms with E-state index in [1.165, 1.54) is 6.08 Å². The van der Waals surface area contributed by atoms with Crippen molar-refractivity contribution in [3.05, 3.63) is 35.6 Å². The second-order valence-corrected chi connectivity index (χ2v) is 2.15. The number of allylic oxidation sites excluding steroid dienone is 1. The van der Waals surface area contributed by atoms with Crippen molar-refractivity contribution in [1.82, 2.24) is 0 Å². The molecule has 1 unspecified atom stereocenters. The topological polar surface area (TPSA) is 40.5 Å². The van der Waals surface area contributed by atoms with Gasteiger partial charge in [-0.25, -0.2) is 0 Å². The van der Waals surface area contributed by atoms with Crippen molar-refractivity contribution < 1.29 is 10.2 Å². The number of aliphatic hydroxyl groups excluding tert-OH is 2. The molecule has 0 radical (unpaired) electrons. The molecule has 0 aromatic carbocycles. The molecule has 2 N–H and O–H groups in total. The van der Waals surface area contributed by atoms with E-state index in [9.17, 15) is 5.11 Å². The van der Waals surface area contributed by atoms with Crippen molar-refractivity contribution in [2.45, 2.75) is 13.0 Å². The summed E-state index contributed by atoms with van der Waals surface area (Å²) in [6.07, 6.45) is 2.53. The van der Waals surface area contributed by atoms with Crippen molar-refractivity contribution in [1.29, 1.82) is 0 Å². The first kappa shape index (κ1) is 7.09. The minimum absolute atomic E-state index is 0.171. The van der Waals surface area contributed by atoms with Gasteiger partial charge in [-0.1, -0.05) is 18.7 Å². The zero-order valence-corrected chi connectivity index (χ0v) is 5.83. The first-order valence-electron chi connectivity index (χ1n) is 3.12. The third kappa shape index (κ3) is 0.693. The number of rotatable bonds is 1. The Balaban J connectivity index is 2.98. The molecule has 1 aliphatic rings. The Morgan fingerprint density at radius 1 is 1.60 bits per heavy atom. The molecule has 0 bridgehead atoms. The molecular weight excluding hydrogens is 128 g/mol. The second kappa shape index (κ2) is 2.31. The van der Waals surface area contributed by atoms with Crippen LogP contribution in [0, 0.1) is 0 Å². The molecule has 54 valence electrons. The normalized spacial score (nSPS) is 28.6. The minimum Gasteiger partial charge on any atom is -0.507 e. The monoisotopic (exact) mass is 138 g/mol. The highest BCUT2D eigenvalue weighted by molar-refractivity contribution is 5.53. The molecule has 0 amide bonds. The van der Waals surface area contributed by atoms with Crippen molar-refractivity contribution in [2.24, 2.45) is 0 Å². The van der Waals surface area contributed by atoms with Crippen molar-refractivity contribution in [2.75, 3.05) is 0 Å². The molecule has 10 heavy (non-hydrogen) atoms. The molecule has 0 saturated heterocycles. The van der Waals surface area contributed by atoms with Crippen LogP contribution in [-0.2, 0) is 0 Å². The van der Waals surface area contributed by atoms with E-state index in [4.69, 9.17) is 5.11 Å². The summed E-state index contributed by atoms with van der Waals surface area (Å²) < 4.78 is 0. The van der Waals surface area contributed by atoms with E-state index in [-0.39, 0.29) is 5.76 Å². The van der Waals surface area contributed by atoms with Gasteiger partial charge in [0.2, 0.25) is 0 Å². The van der Waals surface area contributed by atoms with Gasteiger partial charge < -0.3 is 10.2 Å². The Kier molecular flexibility index (Phi) is 1.64. The first-order valence-corrected chi connectivity index (χ1v) is 3.12. The van der Waals surface area contributed by atoms with Crippen LogP contribution in [0.5, 0.6) is 0 Å². The summed E-state index contributed by atoms with van der Waals surface area (Å²) in [5.74, 6) is 0.171. The molecule has 0 aliphatic heterocycles. The predicted molar refractivity (Wildman–Crippen MR) is 39.6 cm³/mol. The van der Waals surface area contributed by atoms with Gasteiger partial charge in [0.1, 0.15) is 11.9 Å². The first-order chi connectivity index (χ1) is 4.72. The van der Waals surface area contributed by atoms with Gasteiger partial charge in [0.05, 0.1) is 0 Å². The lowest BCUT2D eigenvalue weighted by atomic mass is 9.86. The summed E-state index contributed by atoms with van der Waals surface area (Å²) in [5, 5.41) is 18.3. The molecule has 0 heterocycles. The molecule has 2 nitrogen and oxygen atoms in total. The molecule has 0 aromatic rings. The van der Waals surface area contributed by atoms with Crippen LogP contribution >= 0.6 is 0 Å². The molecule has 0 aromatic heterocycles. The maximum absolute atomic E-state index is 9.18. The third-order valence-electron chi connectivity index (χ3n) is 1.67. The van der Waals surface area contributed by atoms with Crippen LogP contribution in [0.15, 0.2) is 35.6 Å². The number of hydrogen-bond acceptors (Lipinski definition) is 2. The zero-order valence-electron chi connectivity index (χ0n) is 5.83. The average Bonchev–Trinajstić information content (AvgIpc) is 1.90. The summed E-state index contributed by atoms with van der Waals surface area (Å²) in [7, 11) is 0. The third-order valence-corrected chi connectivity index (χ3v) is 1.67. The lowest BCUT2D eigenvalue weighted by Gasteiger charge is -2.26. The second-order valence-electron chi connectivity index (χ2n) is 2.15. The molecule has 1 aliphatic carbocycles. The van der Waals surface area contributed by atoms with E-state index in [0.29, 0.717) is 11.1 Å². The lowest BCUT2D eigenvalue weighted by molar-refractivity contribution is 0.206. The maximum Gasteiger partial charge on any atom is 0.127 e. The van der Waals surface area contributed by atoms with E-state index >= 15 is 0 Å². The van der Waals surface area contributed by atoms with Gasteiger partial charge in [-0.3, -0.25) is 0 Å². The Labute approximate surface area is 59.8 Å². The van der Waals surface area contributed by atoms with E-state index in [0.717, 1.165) is 0 Å². The van der Waals surface area contributed by atoms with Crippen LogP contribution in [0.2, 0.25) is 0 Å². The van der Waals surface area contributed by atoms with Gasteiger partial charge >= 0.3 is 0 Å². The fourth-order valence-electron chi connectivity index (χ4n) is 1.02. The standard InChI is InChI=1S/C8H10O2/c1-3-5-7(9)6(4-2)8(5)10/h3-4,7,9-10H,1H2,2H3. The highest BCUT2D eigenvalue weighted by Crippen LogP contribution is 2.32. The van der Waals surface area contributed by atoms with Crippen molar-refractivity contribution in [3.63, 3.8) is 0 Å². The summed E-state index contributed by atoms with van der Waals surface area (Å²) >= 11 is 0. The Bertz CT molecular complexity index is 223. The lowest BCUT2D eigenvalue weighted by Crippen LogP contribution is -2.26. The van der Waals surface area contributed by atoms with Gasteiger partial charge in [0.25, 0.3) is 0 Å². The van der Waals surface area contributed by atoms with Gasteiger partial charge in [-0.05, 0) is 6.92 Å². The van der Waals surface area contributed by atoms with Gasteiger partial charge in [-0.2, -0.15) is 0 Å². The van der Waals surface area contributed by atoms with Crippen LogP contribution < -0.4 is 0 Å². The number of hydrogen-bond donors (Lipinski definition) is 2. The summed E-state index contributed by atoms with van der Waals surface area (Å²) in [6, 6.07) is 0. The van der Waals surface area contributed by atoms with Crippen LogP contribution in [0.25, 0.3) is 0 Å². The maximum atomic E-state index is 9.18. The van der Waals surface area contributed by atoms with Crippen LogP contribution in [-0.4, -0.2) is 16.3 Å².